The van der Waals surface area contributed by atoms with Crippen molar-refractivity contribution in [2.75, 3.05) is 11.9 Å². The highest BCUT2D eigenvalue weighted by molar-refractivity contribution is 6.36. The predicted octanol–water partition coefficient (Wildman–Crippen LogP) is 3.70. The molecule has 13 heavy (non-hydrogen) atoms. The van der Waals surface area contributed by atoms with Gasteiger partial charge < -0.3 is 5.32 Å². The fourth-order valence-electron chi connectivity index (χ4n) is 1.69. The van der Waals surface area contributed by atoms with E-state index in [1.807, 2.05) is 6.07 Å². The average molecular weight is 216 g/mol. The molecule has 1 heterocycles. The normalized spacial score (nSPS) is 18.2. The van der Waals surface area contributed by atoms with Crippen molar-refractivity contribution in [2.45, 2.75) is 19.3 Å². The van der Waals surface area contributed by atoms with Crippen molar-refractivity contribution in [1.29, 1.82) is 0 Å². The van der Waals surface area contributed by atoms with Gasteiger partial charge in [0.05, 0.1) is 10.7 Å². The molecule has 2 rings (SSSR count). The van der Waals surface area contributed by atoms with Crippen LogP contribution in [0.1, 0.15) is 19.4 Å². The lowest BCUT2D eigenvalue weighted by molar-refractivity contribution is 0.586. The van der Waals surface area contributed by atoms with E-state index in [1.165, 1.54) is 5.56 Å². The number of fused-ring (bicyclic) bond motifs is 1. The van der Waals surface area contributed by atoms with Gasteiger partial charge in [0.2, 0.25) is 0 Å². The molecule has 1 aromatic carbocycles. The van der Waals surface area contributed by atoms with Gasteiger partial charge in [0.15, 0.2) is 0 Å². The topological polar surface area (TPSA) is 12.0 Å². The van der Waals surface area contributed by atoms with E-state index >= 15 is 0 Å². The number of rotatable bonds is 0. The van der Waals surface area contributed by atoms with Crippen LogP contribution in [0, 0.1) is 0 Å². The van der Waals surface area contributed by atoms with Gasteiger partial charge in [-0.1, -0.05) is 37.0 Å². The van der Waals surface area contributed by atoms with Gasteiger partial charge in [0.1, 0.15) is 0 Å². The van der Waals surface area contributed by atoms with Gasteiger partial charge in [0.25, 0.3) is 0 Å². The molecule has 0 aromatic heterocycles. The van der Waals surface area contributed by atoms with Gasteiger partial charge in [-0.3, -0.25) is 0 Å². The predicted molar refractivity (Wildman–Crippen MR) is 58.0 cm³/mol. The molecule has 3 heteroatoms. The van der Waals surface area contributed by atoms with E-state index in [2.05, 4.69) is 19.2 Å². The Labute approximate surface area is 88.0 Å². The average Bonchev–Trinajstić information content (AvgIpc) is 2.28. The zero-order chi connectivity index (χ0) is 9.64. The SMILES string of the molecule is CC1(C)CNc2c(Cl)cc(Cl)cc21. The summed E-state index contributed by atoms with van der Waals surface area (Å²) in [6, 6.07) is 3.76. The Morgan fingerprint density at radius 2 is 2.00 bits per heavy atom. The zero-order valence-corrected chi connectivity index (χ0v) is 9.13. The van der Waals surface area contributed by atoms with Crippen molar-refractivity contribution in [1.82, 2.24) is 0 Å². The lowest BCUT2D eigenvalue weighted by Gasteiger charge is -2.17. The van der Waals surface area contributed by atoms with E-state index in [4.69, 9.17) is 23.2 Å². The van der Waals surface area contributed by atoms with E-state index in [0.717, 1.165) is 12.2 Å². The third kappa shape index (κ3) is 1.40. The molecule has 0 bridgehead atoms. The number of nitrogens with one attached hydrogen (secondary N) is 1. The second kappa shape index (κ2) is 2.79. The Morgan fingerprint density at radius 1 is 1.31 bits per heavy atom. The Kier molecular flexibility index (Phi) is 1.97. The summed E-state index contributed by atoms with van der Waals surface area (Å²) in [5.41, 5.74) is 2.38. The van der Waals surface area contributed by atoms with Crippen molar-refractivity contribution in [3.63, 3.8) is 0 Å². The highest BCUT2D eigenvalue weighted by Crippen LogP contribution is 2.42. The third-order valence-electron chi connectivity index (χ3n) is 2.49. The molecule has 0 fully saturated rings. The van der Waals surface area contributed by atoms with Gasteiger partial charge in [-0.2, -0.15) is 0 Å². The molecule has 0 atom stereocenters. The summed E-state index contributed by atoms with van der Waals surface area (Å²) >= 11 is 12.0. The number of benzene rings is 1. The molecule has 1 aromatic rings. The molecule has 1 nitrogen and oxygen atoms in total. The van der Waals surface area contributed by atoms with Crippen LogP contribution in [0.25, 0.3) is 0 Å². The van der Waals surface area contributed by atoms with E-state index in [1.54, 1.807) is 6.07 Å². The smallest absolute Gasteiger partial charge is 0.0655 e. The zero-order valence-electron chi connectivity index (χ0n) is 7.62. The Balaban J connectivity index is 2.65. The number of halogens is 2. The molecule has 0 radical (unpaired) electrons. The van der Waals surface area contributed by atoms with Crippen molar-refractivity contribution < 1.29 is 0 Å². The van der Waals surface area contributed by atoms with Crippen LogP contribution < -0.4 is 5.32 Å². The maximum absolute atomic E-state index is 6.06. The minimum absolute atomic E-state index is 0.129. The van der Waals surface area contributed by atoms with Gasteiger partial charge >= 0.3 is 0 Å². The minimum Gasteiger partial charge on any atom is -0.383 e. The van der Waals surface area contributed by atoms with Crippen molar-refractivity contribution >= 4 is 28.9 Å². The second-order valence-electron chi connectivity index (χ2n) is 4.05. The van der Waals surface area contributed by atoms with Crippen LogP contribution in [0.15, 0.2) is 12.1 Å². The van der Waals surface area contributed by atoms with E-state index in [-0.39, 0.29) is 5.41 Å². The molecule has 1 aliphatic rings. The summed E-state index contributed by atoms with van der Waals surface area (Å²) in [5.74, 6) is 0. The van der Waals surface area contributed by atoms with Crippen LogP contribution in [-0.4, -0.2) is 6.54 Å². The molecule has 0 unspecified atom stereocenters. The first kappa shape index (κ1) is 9.17. The van der Waals surface area contributed by atoms with Gasteiger partial charge in [0, 0.05) is 17.0 Å². The standard InChI is InChI=1S/C10H11Cl2N/c1-10(2)5-13-9-7(10)3-6(11)4-8(9)12/h3-4,13H,5H2,1-2H3. The summed E-state index contributed by atoms with van der Waals surface area (Å²) in [7, 11) is 0. The van der Waals surface area contributed by atoms with Crippen molar-refractivity contribution in [3.8, 4) is 0 Å². The minimum atomic E-state index is 0.129. The molecular formula is C10H11Cl2N. The summed E-state index contributed by atoms with van der Waals surface area (Å²) < 4.78 is 0. The molecule has 1 N–H and O–H groups in total. The molecule has 0 saturated carbocycles. The van der Waals surface area contributed by atoms with Crippen LogP contribution in [0.4, 0.5) is 5.69 Å². The van der Waals surface area contributed by atoms with E-state index in [0.29, 0.717) is 10.0 Å². The maximum atomic E-state index is 6.06. The van der Waals surface area contributed by atoms with Crippen LogP contribution in [0.5, 0.6) is 0 Å². The summed E-state index contributed by atoms with van der Waals surface area (Å²) in [6.07, 6.45) is 0. The van der Waals surface area contributed by atoms with Crippen LogP contribution in [0.2, 0.25) is 10.0 Å². The van der Waals surface area contributed by atoms with Crippen LogP contribution in [-0.2, 0) is 5.41 Å². The van der Waals surface area contributed by atoms with E-state index in [9.17, 15) is 0 Å². The first-order valence-electron chi connectivity index (χ1n) is 4.24. The second-order valence-corrected chi connectivity index (χ2v) is 4.89. The summed E-state index contributed by atoms with van der Waals surface area (Å²) in [6.45, 7) is 5.28. The molecule has 0 amide bonds. The maximum Gasteiger partial charge on any atom is 0.0655 e. The lowest BCUT2D eigenvalue weighted by Crippen LogP contribution is -2.18. The fourth-order valence-corrected chi connectivity index (χ4v) is 2.25. The van der Waals surface area contributed by atoms with E-state index < -0.39 is 0 Å². The first-order chi connectivity index (χ1) is 6.00. The quantitative estimate of drug-likeness (QED) is 0.697. The van der Waals surface area contributed by atoms with Gasteiger partial charge in [-0.15, -0.1) is 0 Å². The number of anilines is 1. The van der Waals surface area contributed by atoms with Crippen molar-refractivity contribution in [2.24, 2.45) is 0 Å². The van der Waals surface area contributed by atoms with Crippen LogP contribution in [0.3, 0.4) is 0 Å². The van der Waals surface area contributed by atoms with Crippen LogP contribution >= 0.6 is 23.2 Å². The van der Waals surface area contributed by atoms with Gasteiger partial charge in [-0.25, -0.2) is 0 Å². The van der Waals surface area contributed by atoms with Gasteiger partial charge in [-0.05, 0) is 17.7 Å². The third-order valence-corrected chi connectivity index (χ3v) is 3.01. The van der Waals surface area contributed by atoms with Crippen molar-refractivity contribution in [3.05, 3.63) is 27.7 Å². The first-order valence-corrected chi connectivity index (χ1v) is 5.00. The molecule has 0 spiro atoms. The molecular weight excluding hydrogens is 205 g/mol. The largest absolute Gasteiger partial charge is 0.383 e. The Hall–Kier alpha value is -0.400. The number of hydrogen-bond acceptors (Lipinski definition) is 1. The fraction of sp³-hybridized carbons (Fsp3) is 0.400. The Bertz CT molecular complexity index is 358. The highest BCUT2D eigenvalue weighted by atomic mass is 35.5. The molecule has 0 aliphatic carbocycles. The molecule has 0 saturated heterocycles. The Morgan fingerprint density at radius 3 is 2.69 bits per heavy atom. The highest BCUT2D eigenvalue weighted by Gasteiger charge is 2.31. The lowest BCUT2D eigenvalue weighted by atomic mass is 9.87. The summed E-state index contributed by atoms with van der Waals surface area (Å²) in [4.78, 5) is 0. The summed E-state index contributed by atoms with van der Waals surface area (Å²) in [5, 5.41) is 4.72. The molecule has 70 valence electrons. The molecule has 1 aliphatic heterocycles. The number of hydrogen-bond donors (Lipinski definition) is 1. The monoisotopic (exact) mass is 215 g/mol.